The summed E-state index contributed by atoms with van der Waals surface area (Å²) in [5.41, 5.74) is 10.4. The van der Waals surface area contributed by atoms with Gasteiger partial charge >= 0.3 is 5.97 Å². The first-order chi connectivity index (χ1) is 22.4. The largest absolute Gasteiger partial charge is 0.493 e. The van der Waals surface area contributed by atoms with Crippen LogP contribution in [0.5, 0.6) is 5.75 Å². The fourth-order valence-corrected chi connectivity index (χ4v) is 7.14. The van der Waals surface area contributed by atoms with E-state index in [0.29, 0.717) is 41.3 Å². The van der Waals surface area contributed by atoms with Crippen LogP contribution in [0.15, 0.2) is 60.0 Å². The van der Waals surface area contributed by atoms with Crippen molar-refractivity contribution in [1.29, 1.82) is 0 Å². The van der Waals surface area contributed by atoms with Crippen LogP contribution in [0.4, 0.5) is 5.69 Å². The van der Waals surface area contributed by atoms with E-state index < -0.39 is 5.97 Å². The number of esters is 1. The Kier molecular flexibility index (Phi) is 9.75. The molecule has 0 saturated heterocycles. The quantitative estimate of drug-likeness (QED) is 0.191. The molecule has 0 spiro atoms. The molecule has 2 amide bonds. The van der Waals surface area contributed by atoms with Gasteiger partial charge in [0, 0.05) is 51.8 Å². The zero-order chi connectivity index (χ0) is 32.0. The van der Waals surface area contributed by atoms with Crippen molar-refractivity contribution in [3.63, 3.8) is 0 Å². The number of rotatable bonds is 7. The Hall–Kier alpha value is -4.54. The van der Waals surface area contributed by atoms with E-state index in [9.17, 15) is 14.4 Å². The standard InChI is InChI=1S/C36H38N4O5S/c1-44-36(43)32-26(13-14-30(40-32)35(42)39-24-7-5-3-2-4-6-8-24)27-20-31-29(33-23(15-17-45-31)16-18-46-33)19-28(27)34(41)38-25-11-9-22(21-37)10-12-25/h9-14,16,18-20,24H,2-8,15,17,21,37H2,1H3,(H,38,41)(H,39,42). The number of hydrogen-bond acceptors (Lipinski definition) is 8. The molecule has 1 fully saturated rings. The minimum Gasteiger partial charge on any atom is -0.493 e. The predicted molar refractivity (Wildman–Crippen MR) is 179 cm³/mol. The number of benzene rings is 2. The third kappa shape index (κ3) is 6.83. The molecule has 1 aliphatic carbocycles. The summed E-state index contributed by atoms with van der Waals surface area (Å²) in [6, 6.07) is 16.3. The number of ether oxygens (including phenoxy) is 2. The molecule has 4 aromatic rings. The maximum atomic E-state index is 14.0. The highest BCUT2D eigenvalue weighted by atomic mass is 32.1. The van der Waals surface area contributed by atoms with Gasteiger partial charge in [-0.25, -0.2) is 9.78 Å². The number of nitrogens with zero attached hydrogens (tertiary/aromatic N) is 1. The van der Waals surface area contributed by atoms with Gasteiger partial charge in [0.2, 0.25) is 0 Å². The van der Waals surface area contributed by atoms with Crippen LogP contribution in [0.2, 0.25) is 0 Å². The molecule has 2 aromatic carbocycles. The summed E-state index contributed by atoms with van der Waals surface area (Å²) in [6.45, 7) is 0.863. The molecule has 3 heterocycles. The van der Waals surface area contributed by atoms with Gasteiger partial charge in [0.25, 0.3) is 11.8 Å². The number of amides is 2. The lowest BCUT2D eigenvalue weighted by Gasteiger charge is -2.21. The molecule has 1 saturated carbocycles. The van der Waals surface area contributed by atoms with Crippen molar-refractivity contribution < 1.29 is 23.9 Å². The monoisotopic (exact) mass is 638 g/mol. The third-order valence-corrected chi connectivity index (χ3v) is 9.66. The van der Waals surface area contributed by atoms with Gasteiger partial charge in [-0.2, -0.15) is 0 Å². The fraction of sp³-hybridized carbons (Fsp3) is 0.333. The van der Waals surface area contributed by atoms with E-state index in [0.717, 1.165) is 53.7 Å². The first kappa shape index (κ1) is 31.4. The molecule has 46 heavy (non-hydrogen) atoms. The van der Waals surface area contributed by atoms with Crippen molar-refractivity contribution in [2.45, 2.75) is 64.0 Å². The molecule has 2 aromatic heterocycles. The molecule has 10 heteroatoms. The molecule has 1 aliphatic heterocycles. The highest BCUT2D eigenvalue weighted by Gasteiger charge is 2.27. The van der Waals surface area contributed by atoms with Gasteiger partial charge in [-0.15, -0.1) is 11.3 Å². The Bertz CT molecular complexity index is 1740. The molecule has 238 valence electrons. The van der Waals surface area contributed by atoms with Gasteiger partial charge in [0.15, 0.2) is 5.69 Å². The normalized spacial score (nSPS) is 14.8. The van der Waals surface area contributed by atoms with E-state index in [2.05, 4.69) is 21.7 Å². The molecule has 0 radical (unpaired) electrons. The van der Waals surface area contributed by atoms with Crippen molar-refractivity contribution in [2.24, 2.45) is 5.73 Å². The lowest BCUT2D eigenvalue weighted by Crippen LogP contribution is -2.36. The van der Waals surface area contributed by atoms with E-state index in [1.807, 2.05) is 23.6 Å². The zero-order valence-electron chi connectivity index (χ0n) is 25.9. The number of methoxy groups -OCH3 is 1. The third-order valence-electron chi connectivity index (χ3n) is 8.67. The number of carbonyl (C=O) groups is 3. The number of aromatic nitrogens is 1. The molecular weight excluding hydrogens is 600 g/mol. The number of nitrogens with two attached hydrogens (primary N) is 1. The van der Waals surface area contributed by atoms with Crippen molar-refractivity contribution in [1.82, 2.24) is 10.3 Å². The van der Waals surface area contributed by atoms with Crippen LogP contribution in [0.25, 0.3) is 21.6 Å². The summed E-state index contributed by atoms with van der Waals surface area (Å²) in [7, 11) is 1.27. The van der Waals surface area contributed by atoms with Crippen LogP contribution in [0.3, 0.4) is 0 Å². The lowest BCUT2D eigenvalue weighted by atomic mass is 9.93. The van der Waals surface area contributed by atoms with E-state index >= 15 is 0 Å². The van der Waals surface area contributed by atoms with Gasteiger partial charge in [-0.1, -0.05) is 44.2 Å². The van der Waals surface area contributed by atoms with Gasteiger partial charge in [-0.3, -0.25) is 9.59 Å². The van der Waals surface area contributed by atoms with Crippen molar-refractivity contribution in [2.75, 3.05) is 19.0 Å². The Balaban J connectivity index is 1.42. The van der Waals surface area contributed by atoms with Crippen LogP contribution in [0, 0.1) is 0 Å². The highest BCUT2D eigenvalue weighted by molar-refractivity contribution is 7.13. The van der Waals surface area contributed by atoms with E-state index in [4.69, 9.17) is 15.2 Å². The smallest absolute Gasteiger partial charge is 0.357 e. The lowest BCUT2D eigenvalue weighted by molar-refractivity contribution is 0.0594. The van der Waals surface area contributed by atoms with Crippen LogP contribution in [-0.4, -0.2) is 42.5 Å². The van der Waals surface area contributed by atoms with Crippen molar-refractivity contribution in [3.8, 4) is 27.3 Å². The maximum absolute atomic E-state index is 14.0. The number of nitrogens with one attached hydrogen (secondary N) is 2. The topological polar surface area (TPSA) is 133 Å². The van der Waals surface area contributed by atoms with E-state index in [1.54, 1.807) is 41.7 Å². The molecule has 4 N–H and O–H groups in total. The number of carbonyl (C=O) groups excluding carboxylic acids is 3. The Morgan fingerprint density at radius 3 is 2.43 bits per heavy atom. The number of fused-ring (bicyclic) bond motifs is 3. The summed E-state index contributed by atoms with van der Waals surface area (Å²) in [5, 5.41) is 8.14. The molecule has 9 nitrogen and oxygen atoms in total. The van der Waals surface area contributed by atoms with Gasteiger partial charge < -0.3 is 25.8 Å². The Labute approximate surface area is 272 Å². The number of pyridine rings is 1. The first-order valence-electron chi connectivity index (χ1n) is 15.8. The molecule has 2 aliphatic rings. The first-order valence-corrected chi connectivity index (χ1v) is 16.7. The second-order valence-corrected chi connectivity index (χ2v) is 12.6. The van der Waals surface area contributed by atoms with Crippen molar-refractivity contribution >= 4 is 34.8 Å². The van der Waals surface area contributed by atoms with Gasteiger partial charge in [-0.05, 0) is 71.8 Å². The summed E-state index contributed by atoms with van der Waals surface area (Å²) in [4.78, 5) is 46.1. The molecular formula is C36H38N4O5S. The highest BCUT2D eigenvalue weighted by Crippen LogP contribution is 2.43. The van der Waals surface area contributed by atoms with Gasteiger partial charge in [0.1, 0.15) is 11.4 Å². The molecule has 0 atom stereocenters. The van der Waals surface area contributed by atoms with Crippen LogP contribution in [-0.2, 0) is 17.7 Å². The van der Waals surface area contributed by atoms with Crippen LogP contribution >= 0.6 is 11.3 Å². The maximum Gasteiger partial charge on any atom is 0.357 e. The average molecular weight is 639 g/mol. The van der Waals surface area contributed by atoms with Crippen molar-refractivity contribution in [3.05, 3.63) is 88.1 Å². The summed E-state index contributed by atoms with van der Waals surface area (Å²) >= 11 is 1.59. The number of thiophene rings is 1. The zero-order valence-corrected chi connectivity index (χ0v) is 26.7. The second kappa shape index (κ2) is 14.3. The van der Waals surface area contributed by atoms with Crippen LogP contribution in [0.1, 0.15) is 87.4 Å². The Morgan fingerprint density at radius 2 is 1.70 bits per heavy atom. The fourth-order valence-electron chi connectivity index (χ4n) is 6.16. The van der Waals surface area contributed by atoms with E-state index in [1.165, 1.54) is 26.4 Å². The Morgan fingerprint density at radius 1 is 0.935 bits per heavy atom. The van der Waals surface area contributed by atoms with E-state index in [-0.39, 0.29) is 29.2 Å². The van der Waals surface area contributed by atoms with Crippen LogP contribution < -0.4 is 21.1 Å². The molecule has 6 rings (SSSR count). The number of hydrogen-bond donors (Lipinski definition) is 3. The summed E-state index contributed by atoms with van der Waals surface area (Å²) in [6.07, 6.45) is 8.27. The van der Waals surface area contributed by atoms with Gasteiger partial charge in [0.05, 0.1) is 13.7 Å². The number of anilines is 1. The minimum atomic E-state index is -0.712. The molecule has 0 unspecified atom stereocenters. The second-order valence-electron chi connectivity index (χ2n) is 11.7. The summed E-state index contributed by atoms with van der Waals surface area (Å²) in [5.74, 6) is -0.822. The minimum absolute atomic E-state index is 0.0560. The summed E-state index contributed by atoms with van der Waals surface area (Å²) < 4.78 is 11.3. The predicted octanol–water partition coefficient (Wildman–Crippen LogP) is 6.75. The molecule has 0 bridgehead atoms. The average Bonchev–Trinajstić information content (AvgIpc) is 3.46. The SMILES string of the molecule is COC(=O)c1nc(C(=O)NC2CCCCCCC2)ccc1-c1cc2c(cc1C(=O)Nc1ccc(CN)cc1)-c1sccc1CCO2.